The van der Waals surface area contributed by atoms with Crippen molar-refractivity contribution >= 4 is 5.91 Å². The van der Waals surface area contributed by atoms with Gasteiger partial charge in [0.2, 0.25) is 0 Å². The Balaban J connectivity index is 1.64. The lowest BCUT2D eigenvalue weighted by Crippen LogP contribution is -2.35. The van der Waals surface area contributed by atoms with Crippen LogP contribution in [0.5, 0.6) is 11.5 Å². The van der Waals surface area contributed by atoms with Crippen LogP contribution < -0.4 is 14.8 Å². The third kappa shape index (κ3) is 5.03. The van der Waals surface area contributed by atoms with Crippen LogP contribution in [0.4, 0.5) is 0 Å². The van der Waals surface area contributed by atoms with E-state index in [1.807, 2.05) is 49.4 Å². The summed E-state index contributed by atoms with van der Waals surface area (Å²) in [7, 11) is 3.24. The highest BCUT2D eigenvalue weighted by Gasteiger charge is 2.17. The van der Waals surface area contributed by atoms with E-state index in [-0.39, 0.29) is 11.9 Å². The zero-order valence-corrected chi connectivity index (χ0v) is 16.7. The Kier molecular flexibility index (Phi) is 6.90. The molecule has 6 heteroatoms. The lowest BCUT2D eigenvalue weighted by Gasteiger charge is -2.26. The van der Waals surface area contributed by atoms with Crippen LogP contribution >= 0.6 is 0 Å². The number of benzene rings is 2. The number of ether oxygens (including phenoxy) is 3. The van der Waals surface area contributed by atoms with Gasteiger partial charge in [-0.05, 0) is 42.8 Å². The van der Waals surface area contributed by atoms with Gasteiger partial charge >= 0.3 is 0 Å². The van der Waals surface area contributed by atoms with Crippen molar-refractivity contribution in [3.05, 3.63) is 59.2 Å². The first-order chi connectivity index (χ1) is 13.6. The van der Waals surface area contributed by atoms with Crippen LogP contribution in [-0.4, -0.2) is 51.3 Å². The number of hydrogen-bond acceptors (Lipinski definition) is 5. The number of nitrogens with one attached hydrogen (secondary N) is 1. The number of methoxy groups -OCH3 is 2. The van der Waals surface area contributed by atoms with Crippen LogP contribution in [0.1, 0.15) is 34.5 Å². The monoisotopic (exact) mass is 384 g/mol. The van der Waals surface area contributed by atoms with E-state index in [1.54, 1.807) is 14.2 Å². The van der Waals surface area contributed by atoms with E-state index < -0.39 is 0 Å². The molecule has 1 fully saturated rings. The van der Waals surface area contributed by atoms with Crippen LogP contribution in [0.25, 0.3) is 0 Å². The summed E-state index contributed by atoms with van der Waals surface area (Å²) in [6.07, 6.45) is 0. The Labute approximate surface area is 166 Å². The Hall–Kier alpha value is -2.57. The average molecular weight is 384 g/mol. The highest BCUT2D eigenvalue weighted by atomic mass is 16.5. The van der Waals surface area contributed by atoms with E-state index in [1.165, 1.54) is 5.56 Å². The number of rotatable bonds is 7. The van der Waals surface area contributed by atoms with E-state index in [0.717, 1.165) is 49.9 Å². The maximum atomic E-state index is 12.7. The second kappa shape index (κ2) is 9.57. The Bertz CT molecular complexity index is 786. The molecule has 2 aromatic carbocycles. The van der Waals surface area contributed by atoms with Crippen LogP contribution in [0.2, 0.25) is 0 Å². The molecule has 1 atom stereocenters. The van der Waals surface area contributed by atoms with E-state index >= 15 is 0 Å². The van der Waals surface area contributed by atoms with Gasteiger partial charge < -0.3 is 19.5 Å². The van der Waals surface area contributed by atoms with Gasteiger partial charge in [0.25, 0.3) is 5.91 Å². The number of amides is 1. The first-order valence-corrected chi connectivity index (χ1v) is 9.52. The predicted octanol–water partition coefficient (Wildman–Crippen LogP) is 3.03. The summed E-state index contributed by atoms with van der Waals surface area (Å²) in [6.45, 7) is 6.27. The Morgan fingerprint density at radius 2 is 1.82 bits per heavy atom. The molecule has 0 unspecified atom stereocenters. The largest absolute Gasteiger partial charge is 0.497 e. The molecule has 1 aliphatic heterocycles. The fourth-order valence-corrected chi connectivity index (χ4v) is 3.31. The summed E-state index contributed by atoms with van der Waals surface area (Å²) >= 11 is 0. The molecule has 1 amide bonds. The van der Waals surface area contributed by atoms with E-state index in [0.29, 0.717) is 5.56 Å². The van der Waals surface area contributed by atoms with Crippen molar-refractivity contribution in [2.75, 3.05) is 40.5 Å². The topological polar surface area (TPSA) is 60.0 Å². The fourth-order valence-electron chi connectivity index (χ4n) is 3.31. The molecule has 28 heavy (non-hydrogen) atoms. The van der Waals surface area contributed by atoms with Crippen LogP contribution in [-0.2, 0) is 11.3 Å². The number of morpholine rings is 1. The van der Waals surface area contributed by atoms with Gasteiger partial charge in [0, 0.05) is 30.8 Å². The fraction of sp³-hybridized carbons (Fsp3) is 0.409. The molecule has 150 valence electrons. The average Bonchev–Trinajstić information content (AvgIpc) is 2.74. The molecule has 2 aromatic rings. The lowest BCUT2D eigenvalue weighted by molar-refractivity contribution is 0.0342. The van der Waals surface area contributed by atoms with Crippen molar-refractivity contribution < 1.29 is 19.0 Å². The zero-order chi connectivity index (χ0) is 19.9. The summed E-state index contributed by atoms with van der Waals surface area (Å²) in [6, 6.07) is 13.1. The zero-order valence-electron chi connectivity index (χ0n) is 16.7. The summed E-state index contributed by atoms with van der Waals surface area (Å²) in [5.41, 5.74) is 2.71. The molecule has 0 aromatic heterocycles. The normalized spacial score (nSPS) is 15.7. The number of hydrogen-bond donors (Lipinski definition) is 1. The molecule has 0 bridgehead atoms. The van der Waals surface area contributed by atoms with Crippen LogP contribution in [0.15, 0.2) is 42.5 Å². The molecule has 1 heterocycles. The van der Waals surface area contributed by atoms with Crippen LogP contribution in [0, 0.1) is 0 Å². The van der Waals surface area contributed by atoms with Crippen molar-refractivity contribution in [2.45, 2.75) is 19.5 Å². The Morgan fingerprint density at radius 3 is 2.46 bits per heavy atom. The van der Waals surface area contributed by atoms with Gasteiger partial charge in [-0.1, -0.05) is 12.1 Å². The molecule has 3 rings (SSSR count). The van der Waals surface area contributed by atoms with Crippen LogP contribution in [0.3, 0.4) is 0 Å². The predicted molar refractivity (Wildman–Crippen MR) is 108 cm³/mol. The second-order valence-corrected chi connectivity index (χ2v) is 6.89. The molecular formula is C22H28N2O4. The van der Waals surface area contributed by atoms with E-state index in [4.69, 9.17) is 14.2 Å². The quantitative estimate of drug-likeness (QED) is 0.795. The number of carbonyl (C=O) groups is 1. The summed E-state index contributed by atoms with van der Waals surface area (Å²) in [4.78, 5) is 15.0. The summed E-state index contributed by atoms with van der Waals surface area (Å²) in [5.74, 6) is 1.33. The van der Waals surface area contributed by atoms with Crippen molar-refractivity contribution in [3.8, 4) is 11.5 Å². The number of carbonyl (C=O) groups excluding carboxylic acids is 1. The lowest BCUT2D eigenvalue weighted by atomic mass is 10.1. The maximum Gasteiger partial charge on any atom is 0.251 e. The molecule has 0 saturated carbocycles. The van der Waals surface area contributed by atoms with Gasteiger partial charge in [0.15, 0.2) is 0 Å². The number of nitrogens with zero attached hydrogens (tertiary/aromatic N) is 1. The minimum Gasteiger partial charge on any atom is -0.497 e. The SMILES string of the molecule is COc1ccc(OC)c([C@@H](C)NC(=O)c2ccc(CN3CCOCC3)cc2)c1. The van der Waals surface area contributed by atoms with E-state index in [9.17, 15) is 4.79 Å². The van der Waals surface area contributed by atoms with Crippen molar-refractivity contribution in [1.82, 2.24) is 10.2 Å². The van der Waals surface area contributed by atoms with Crippen molar-refractivity contribution in [3.63, 3.8) is 0 Å². The molecule has 0 radical (unpaired) electrons. The van der Waals surface area contributed by atoms with Gasteiger partial charge in [-0.25, -0.2) is 0 Å². The van der Waals surface area contributed by atoms with E-state index in [2.05, 4.69) is 10.2 Å². The van der Waals surface area contributed by atoms with Gasteiger partial charge in [0.1, 0.15) is 11.5 Å². The van der Waals surface area contributed by atoms with Crippen molar-refractivity contribution in [2.24, 2.45) is 0 Å². The minimum absolute atomic E-state index is 0.115. The minimum atomic E-state index is -0.217. The smallest absolute Gasteiger partial charge is 0.251 e. The van der Waals surface area contributed by atoms with Gasteiger partial charge in [-0.2, -0.15) is 0 Å². The third-order valence-corrected chi connectivity index (χ3v) is 4.98. The maximum absolute atomic E-state index is 12.7. The molecule has 1 saturated heterocycles. The molecule has 1 N–H and O–H groups in total. The molecular weight excluding hydrogens is 356 g/mol. The molecule has 0 aliphatic carbocycles. The highest BCUT2D eigenvalue weighted by molar-refractivity contribution is 5.94. The van der Waals surface area contributed by atoms with Gasteiger partial charge in [-0.3, -0.25) is 9.69 Å². The summed E-state index contributed by atoms with van der Waals surface area (Å²) in [5, 5.41) is 3.04. The third-order valence-electron chi connectivity index (χ3n) is 4.98. The highest BCUT2D eigenvalue weighted by Crippen LogP contribution is 2.29. The summed E-state index contributed by atoms with van der Waals surface area (Å²) < 4.78 is 16.1. The van der Waals surface area contributed by atoms with Gasteiger partial charge in [0.05, 0.1) is 33.5 Å². The molecule has 0 spiro atoms. The molecule has 1 aliphatic rings. The Morgan fingerprint density at radius 1 is 1.11 bits per heavy atom. The van der Waals surface area contributed by atoms with Gasteiger partial charge in [-0.15, -0.1) is 0 Å². The second-order valence-electron chi connectivity index (χ2n) is 6.89. The van der Waals surface area contributed by atoms with Crippen molar-refractivity contribution in [1.29, 1.82) is 0 Å². The first-order valence-electron chi connectivity index (χ1n) is 9.52. The standard InChI is InChI=1S/C22H28N2O4/c1-16(20-14-19(26-2)8-9-21(20)27-3)23-22(25)18-6-4-17(5-7-18)15-24-10-12-28-13-11-24/h4-9,14,16H,10-13,15H2,1-3H3,(H,23,25)/t16-/m1/s1. The first kappa shape index (κ1) is 20.2. The molecule has 6 nitrogen and oxygen atoms in total.